The highest BCUT2D eigenvalue weighted by Gasteiger charge is 2.28. The summed E-state index contributed by atoms with van der Waals surface area (Å²) < 4.78 is 5.15. The SMILES string of the molecule is COCCN(Cc1ccccc1)C1CC1. The normalized spacial score (nSPS) is 15.9. The van der Waals surface area contributed by atoms with Crippen molar-refractivity contribution in [2.45, 2.75) is 25.4 Å². The first-order chi connectivity index (χ1) is 7.40. The number of hydrogen-bond donors (Lipinski definition) is 0. The second kappa shape index (κ2) is 5.29. The van der Waals surface area contributed by atoms with Crippen LogP contribution in [0, 0.1) is 0 Å². The molecule has 0 heterocycles. The van der Waals surface area contributed by atoms with Gasteiger partial charge in [0.25, 0.3) is 0 Å². The van der Waals surface area contributed by atoms with Gasteiger partial charge in [0, 0.05) is 26.2 Å². The van der Waals surface area contributed by atoms with E-state index in [4.69, 9.17) is 4.74 Å². The zero-order valence-corrected chi connectivity index (χ0v) is 9.36. The quantitative estimate of drug-likeness (QED) is 0.706. The standard InChI is InChI=1S/C13H19NO/c1-15-10-9-14(13-7-8-13)11-12-5-3-2-4-6-12/h2-6,13H,7-11H2,1H3. The molecular formula is C13H19NO. The Bertz CT molecular complexity index is 282. The van der Waals surface area contributed by atoms with Gasteiger partial charge in [0.1, 0.15) is 0 Å². The van der Waals surface area contributed by atoms with Crippen LogP contribution in [0.1, 0.15) is 18.4 Å². The lowest BCUT2D eigenvalue weighted by molar-refractivity contribution is 0.139. The van der Waals surface area contributed by atoms with Gasteiger partial charge in [-0.15, -0.1) is 0 Å². The summed E-state index contributed by atoms with van der Waals surface area (Å²) in [6.07, 6.45) is 2.72. The van der Waals surface area contributed by atoms with Crippen LogP contribution in [0.25, 0.3) is 0 Å². The molecule has 0 aromatic heterocycles. The predicted molar refractivity (Wildman–Crippen MR) is 61.8 cm³/mol. The maximum atomic E-state index is 5.15. The van der Waals surface area contributed by atoms with E-state index < -0.39 is 0 Å². The van der Waals surface area contributed by atoms with E-state index in [0.29, 0.717) is 0 Å². The summed E-state index contributed by atoms with van der Waals surface area (Å²) in [6.45, 7) is 2.95. The van der Waals surface area contributed by atoms with Crippen LogP contribution in [0.2, 0.25) is 0 Å². The number of nitrogens with zero attached hydrogens (tertiary/aromatic N) is 1. The van der Waals surface area contributed by atoms with Crippen LogP contribution >= 0.6 is 0 Å². The van der Waals surface area contributed by atoms with Gasteiger partial charge < -0.3 is 4.74 Å². The van der Waals surface area contributed by atoms with Crippen molar-refractivity contribution >= 4 is 0 Å². The molecule has 0 saturated heterocycles. The Labute approximate surface area is 91.9 Å². The summed E-state index contributed by atoms with van der Waals surface area (Å²) in [4.78, 5) is 2.53. The molecule has 1 aliphatic carbocycles. The molecule has 2 nitrogen and oxygen atoms in total. The topological polar surface area (TPSA) is 12.5 Å². The molecule has 2 rings (SSSR count). The minimum atomic E-state index is 0.806. The number of hydrogen-bond acceptors (Lipinski definition) is 2. The Morgan fingerprint density at radius 3 is 2.60 bits per heavy atom. The third-order valence-corrected chi connectivity index (χ3v) is 2.87. The van der Waals surface area contributed by atoms with Gasteiger partial charge in [-0.05, 0) is 18.4 Å². The van der Waals surface area contributed by atoms with Crippen molar-refractivity contribution in [1.29, 1.82) is 0 Å². The Morgan fingerprint density at radius 2 is 2.00 bits per heavy atom. The Balaban J connectivity index is 1.88. The summed E-state index contributed by atoms with van der Waals surface area (Å²) in [5.74, 6) is 0. The largest absolute Gasteiger partial charge is 0.383 e. The van der Waals surface area contributed by atoms with Gasteiger partial charge in [-0.1, -0.05) is 30.3 Å². The molecule has 1 saturated carbocycles. The molecular weight excluding hydrogens is 186 g/mol. The molecule has 0 unspecified atom stereocenters. The molecule has 2 heteroatoms. The van der Waals surface area contributed by atoms with Gasteiger partial charge >= 0.3 is 0 Å². The van der Waals surface area contributed by atoms with Gasteiger partial charge in [0.2, 0.25) is 0 Å². The fourth-order valence-corrected chi connectivity index (χ4v) is 1.86. The number of methoxy groups -OCH3 is 1. The molecule has 0 bridgehead atoms. The smallest absolute Gasteiger partial charge is 0.0589 e. The van der Waals surface area contributed by atoms with E-state index in [-0.39, 0.29) is 0 Å². The van der Waals surface area contributed by atoms with Crippen LogP contribution in [-0.2, 0) is 11.3 Å². The average Bonchev–Trinajstić information content (AvgIpc) is 3.09. The van der Waals surface area contributed by atoms with E-state index in [0.717, 1.165) is 25.7 Å². The Kier molecular flexibility index (Phi) is 3.75. The van der Waals surface area contributed by atoms with Crippen LogP contribution in [0.3, 0.4) is 0 Å². The first-order valence-corrected chi connectivity index (χ1v) is 5.67. The molecule has 0 radical (unpaired) electrons. The molecule has 82 valence electrons. The first kappa shape index (κ1) is 10.7. The van der Waals surface area contributed by atoms with Gasteiger partial charge in [0.15, 0.2) is 0 Å². The number of rotatable bonds is 6. The molecule has 1 aromatic rings. The summed E-state index contributed by atoms with van der Waals surface area (Å²) in [5.41, 5.74) is 1.40. The van der Waals surface area contributed by atoms with Crippen LogP contribution in [0.4, 0.5) is 0 Å². The summed E-state index contributed by atoms with van der Waals surface area (Å²) in [5, 5.41) is 0. The van der Waals surface area contributed by atoms with E-state index in [1.165, 1.54) is 18.4 Å². The molecule has 0 spiro atoms. The lowest BCUT2D eigenvalue weighted by Gasteiger charge is -2.21. The fraction of sp³-hybridized carbons (Fsp3) is 0.538. The molecule has 0 N–H and O–H groups in total. The molecule has 15 heavy (non-hydrogen) atoms. The van der Waals surface area contributed by atoms with E-state index in [1.54, 1.807) is 7.11 Å². The third kappa shape index (κ3) is 3.33. The van der Waals surface area contributed by atoms with Crippen LogP contribution in [-0.4, -0.2) is 31.2 Å². The Morgan fingerprint density at radius 1 is 1.27 bits per heavy atom. The predicted octanol–water partition coefficient (Wildman–Crippen LogP) is 2.30. The van der Waals surface area contributed by atoms with Gasteiger partial charge in [0.05, 0.1) is 6.61 Å². The average molecular weight is 205 g/mol. The lowest BCUT2D eigenvalue weighted by atomic mass is 10.2. The Hall–Kier alpha value is -0.860. The van der Waals surface area contributed by atoms with Crippen LogP contribution < -0.4 is 0 Å². The molecule has 1 aromatic carbocycles. The van der Waals surface area contributed by atoms with Crippen molar-refractivity contribution in [2.24, 2.45) is 0 Å². The fourth-order valence-electron chi connectivity index (χ4n) is 1.86. The zero-order chi connectivity index (χ0) is 10.5. The second-order valence-electron chi connectivity index (χ2n) is 4.18. The van der Waals surface area contributed by atoms with E-state index in [2.05, 4.69) is 35.2 Å². The highest BCUT2D eigenvalue weighted by Crippen LogP contribution is 2.27. The van der Waals surface area contributed by atoms with Crippen molar-refractivity contribution < 1.29 is 4.74 Å². The van der Waals surface area contributed by atoms with Crippen LogP contribution in [0.5, 0.6) is 0 Å². The molecule has 0 atom stereocenters. The minimum Gasteiger partial charge on any atom is -0.383 e. The van der Waals surface area contributed by atoms with Crippen molar-refractivity contribution in [3.05, 3.63) is 35.9 Å². The number of benzene rings is 1. The van der Waals surface area contributed by atoms with Gasteiger partial charge in [-0.3, -0.25) is 4.90 Å². The first-order valence-electron chi connectivity index (χ1n) is 5.67. The monoisotopic (exact) mass is 205 g/mol. The highest BCUT2D eigenvalue weighted by atomic mass is 16.5. The van der Waals surface area contributed by atoms with Crippen molar-refractivity contribution in [2.75, 3.05) is 20.3 Å². The molecule has 0 amide bonds. The molecule has 1 fully saturated rings. The maximum Gasteiger partial charge on any atom is 0.0589 e. The number of ether oxygens (including phenoxy) is 1. The summed E-state index contributed by atoms with van der Waals surface area (Å²) in [6, 6.07) is 11.5. The molecule has 0 aliphatic heterocycles. The lowest BCUT2D eigenvalue weighted by Crippen LogP contribution is -2.29. The van der Waals surface area contributed by atoms with Crippen molar-refractivity contribution in [3.63, 3.8) is 0 Å². The maximum absolute atomic E-state index is 5.15. The van der Waals surface area contributed by atoms with Gasteiger partial charge in [-0.25, -0.2) is 0 Å². The molecule has 1 aliphatic rings. The van der Waals surface area contributed by atoms with Crippen molar-refractivity contribution in [1.82, 2.24) is 4.90 Å². The van der Waals surface area contributed by atoms with Crippen LogP contribution in [0.15, 0.2) is 30.3 Å². The van der Waals surface area contributed by atoms with Crippen molar-refractivity contribution in [3.8, 4) is 0 Å². The summed E-state index contributed by atoms with van der Waals surface area (Å²) in [7, 11) is 1.77. The second-order valence-corrected chi connectivity index (χ2v) is 4.18. The van der Waals surface area contributed by atoms with E-state index >= 15 is 0 Å². The minimum absolute atomic E-state index is 0.806. The highest BCUT2D eigenvalue weighted by molar-refractivity contribution is 5.14. The zero-order valence-electron chi connectivity index (χ0n) is 9.36. The third-order valence-electron chi connectivity index (χ3n) is 2.87. The van der Waals surface area contributed by atoms with Gasteiger partial charge in [-0.2, -0.15) is 0 Å². The van der Waals surface area contributed by atoms with E-state index in [1.807, 2.05) is 0 Å². The van der Waals surface area contributed by atoms with E-state index in [9.17, 15) is 0 Å². The summed E-state index contributed by atoms with van der Waals surface area (Å²) >= 11 is 0.